The van der Waals surface area contributed by atoms with E-state index < -0.39 is 11.4 Å². The summed E-state index contributed by atoms with van der Waals surface area (Å²) in [5.41, 5.74) is 2.15. The quantitative estimate of drug-likeness (QED) is 0.786. The summed E-state index contributed by atoms with van der Waals surface area (Å²) in [5, 5.41) is 12.3. The third-order valence-electron chi connectivity index (χ3n) is 4.03. The molecule has 0 bridgehead atoms. The van der Waals surface area contributed by atoms with Gasteiger partial charge in [-0.3, -0.25) is 4.79 Å². The van der Waals surface area contributed by atoms with E-state index in [2.05, 4.69) is 22.4 Å². The van der Waals surface area contributed by atoms with Crippen molar-refractivity contribution < 1.29 is 4.39 Å². The highest BCUT2D eigenvalue weighted by atomic mass is 19.1. The van der Waals surface area contributed by atoms with Gasteiger partial charge in [0.05, 0.1) is 17.1 Å². The maximum absolute atomic E-state index is 13.6. The van der Waals surface area contributed by atoms with Gasteiger partial charge in [-0.15, -0.1) is 5.10 Å². The molecular weight excluding hydrogens is 245 g/mol. The van der Waals surface area contributed by atoms with Crippen LogP contribution < -0.4 is 10.9 Å². The van der Waals surface area contributed by atoms with E-state index in [1.54, 1.807) is 0 Å². The minimum atomic E-state index is -0.458. The van der Waals surface area contributed by atoms with Crippen LogP contribution in [0.4, 0.5) is 10.1 Å². The highest BCUT2D eigenvalue weighted by Gasteiger charge is 2.33. The number of nitrogens with zero attached hydrogens (tertiary/aromatic N) is 2. The summed E-state index contributed by atoms with van der Waals surface area (Å²) in [7, 11) is 0. The van der Waals surface area contributed by atoms with E-state index in [0.29, 0.717) is 17.0 Å². The van der Waals surface area contributed by atoms with Gasteiger partial charge in [0.25, 0.3) is 5.56 Å². The van der Waals surface area contributed by atoms with Crippen LogP contribution in [0, 0.1) is 11.7 Å². The molecule has 0 saturated carbocycles. The number of hydrogen-bond acceptors (Lipinski definition) is 4. The Kier molecular flexibility index (Phi) is 2.00. The molecule has 2 aromatic rings. The predicted octanol–water partition coefficient (Wildman–Crippen LogP) is 2.18. The zero-order valence-electron chi connectivity index (χ0n) is 10.4. The third-order valence-corrected chi connectivity index (χ3v) is 4.03. The predicted molar refractivity (Wildman–Crippen MR) is 69.6 cm³/mol. The van der Waals surface area contributed by atoms with Crippen LogP contribution in [-0.2, 0) is 6.42 Å². The van der Waals surface area contributed by atoms with Crippen molar-refractivity contribution in [1.82, 2.24) is 10.2 Å². The molecule has 2 atom stereocenters. The molecule has 5 heteroatoms. The molecule has 4 rings (SSSR count). The van der Waals surface area contributed by atoms with Crippen LogP contribution in [0.3, 0.4) is 0 Å². The lowest BCUT2D eigenvalue weighted by atomic mass is 9.85. The van der Waals surface area contributed by atoms with Crippen LogP contribution in [0.15, 0.2) is 16.9 Å². The summed E-state index contributed by atoms with van der Waals surface area (Å²) in [5.74, 6) is 0.0616. The van der Waals surface area contributed by atoms with E-state index in [1.165, 1.54) is 12.1 Å². The smallest absolute Gasteiger partial charge is 0.296 e. The normalized spacial score (nSPS) is 23.5. The average Bonchev–Trinajstić information content (AvgIpc) is 2.64. The van der Waals surface area contributed by atoms with Gasteiger partial charge in [0.2, 0.25) is 0 Å². The Hall–Kier alpha value is -2.04. The Bertz CT molecular complexity index is 775. The van der Waals surface area contributed by atoms with Crippen LogP contribution in [-0.4, -0.2) is 10.2 Å². The van der Waals surface area contributed by atoms with Crippen molar-refractivity contribution in [3.05, 3.63) is 39.6 Å². The zero-order valence-corrected chi connectivity index (χ0v) is 10.4. The SMILES string of the molecule is CC1Cc2nnc(=O)c3cc(F)cc4c3c2C(C1)N4. The minimum absolute atomic E-state index is 0.124. The molecule has 0 saturated heterocycles. The van der Waals surface area contributed by atoms with Crippen molar-refractivity contribution in [1.29, 1.82) is 0 Å². The Labute approximate surface area is 108 Å². The van der Waals surface area contributed by atoms with Crippen LogP contribution in [0.25, 0.3) is 10.8 Å². The third kappa shape index (κ3) is 1.41. The van der Waals surface area contributed by atoms with Gasteiger partial charge < -0.3 is 5.32 Å². The van der Waals surface area contributed by atoms with E-state index in [0.717, 1.165) is 29.5 Å². The van der Waals surface area contributed by atoms with Gasteiger partial charge in [0.1, 0.15) is 5.82 Å². The van der Waals surface area contributed by atoms with E-state index in [4.69, 9.17) is 0 Å². The molecule has 2 heterocycles. The van der Waals surface area contributed by atoms with Gasteiger partial charge in [-0.2, -0.15) is 5.10 Å². The second kappa shape index (κ2) is 3.50. The van der Waals surface area contributed by atoms with Gasteiger partial charge in [-0.25, -0.2) is 4.39 Å². The molecule has 1 aliphatic heterocycles. The largest absolute Gasteiger partial charge is 0.378 e. The molecule has 96 valence electrons. The molecule has 4 nitrogen and oxygen atoms in total. The van der Waals surface area contributed by atoms with E-state index in [-0.39, 0.29) is 6.04 Å². The number of halogens is 1. The Morgan fingerprint density at radius 1 is 1.37 bits per heavy atom. The van der Waals surface area contributed by atoms with Crippen LogP contribution in [0.2, 0.25) is 0 Å². The lowest BCUT2D eigenvalue weighted by Gasteiger charge is -2.24. The van der Waals surface area contributed by atoms with Crippen molar-refractivity contribution in [3.8, 4) is 0 Å². The van der Waals surface area contributed by atoms with Crippen molar-refractivity contribution in [2.75, 3.05) is 5.32 Å². The summed E-state index contributed by atoms with van der Waals surface area (Å²) in [6.45, 7) is 2.15. The van der Waals surface area contributed by atoms with Gasteiger partial charge in [0.15, 0.2) is 0 Å². The van der Waals surface area contributed by atoms with Crippen LogP contribution >= 0.6 is 0 Å². The first-order chi connectivity index (χ1) is 9.13. The number of hydrogen-bond donors (Lipinski definition) is 1. The Morgan fingerprint density at radius 3 is 3.05 bits per heavy atom. The first-order valence-electron chi connectivity index (χ1n) is 6.43. The standard InChI is InChI=1S/C14H12FN3O/c1-6-2-9-13-11(3-6)17-18-14(19)8-4-7(15)5-10(16-9)12(8)13/h4-6,9,16H,2-3H2,1H3. The van der Waals surface area contributed by atoms with Gasteiger partial charge >= 0.3 is 0 Å². The number of rotatable bonds is 0. The van der Waals surface area contributed by atoms with Crippen molar-refractivity contribution in [2.45, 2.75) is 25.8 Å². The van der Waals surface area contributed by atoms with Crippen LogP contribution in [0.5, 0.6) is 0 Å². The number of anilines is 1. The van der Waals surface area contributed by atoms with Crippen molar-refractivity contribution in [3.63, 3.8) is 0 Å². The van der Waals surface area contributed by atoms with E-state index in [9.17, 15) is 9.18 Å². The maximum atomic E-state index is 13.6. The molecule has 2 unspecified atom stereocenters. The molecule has 1 aromatic heterocycles. The summed E-state index contributed by atoms with van der Waals surface area (Å²) < 4.78 is 13.6. The highest BCUT2D eigenvalue weighted by molar-refractivity contribution is 5.99. The molecule has 1 aliphatic carbocycles. The highest BCUT2D eigenvalue weighted by Crippen LogP contribution is 2.45. The molecule has 1 N–H and O–H groups in total. The summed E-state index contributed by atoms with van der Waals surface area (Å²) in [4.78, 5) is 12.0. The van der Waals surface area contributed by atoms with Crippen molar-refractivity contribution >= 4 is 16.5 Å². The number of benzene rings is 1. The average molecular weight is 257 g/mol. The molecule has 0 fully saturated rings. The fourth-order valence-corrected chi connectivity index (χ4v) is 3.32. The van der Waals surface area contributed by atoms with Gasteiger partial charge in [-0.05, 0) is 30.9 Å². The summed E-state index contributed by atoms with van der Waals surface area (Å²) in [6.07, 6.45) is 1.79. The Balaban J connectivity index is 2.21. The molecular formula is C14H12FN3O. The van der Waals surface area contributed by atoms with Crippen molar-refractivity contribution in [2.24, 2.45) is 5.92 Å². The lowest BCUT2D eigenvalue weighted by molar-refractivity contribution is 0.452. The molecule has 0 amide bonds. The minimum Gasteiger partial charge on any atom is -0.378 e. The second-order valence-corrected chi connectivity index (χ2v) is 5.48. The van der Waals surface area contributed by atoms with Gasteiger partial charge in [0, 0.05) is 16.6 Å². The molecule has 0 spiro atoms. The number of aromatic nitrogens is 2. The fourth-order valence-electron chi connectivity index (χ4n) is 3.32. The lowest BCUT2D eigenvalue weighted by Crippen LogP contribution is -2.19. The molecule has 0 radical (unpaired) electrons. The topological polar surface area (TPSA) is 54.9 Å². The summed E-state index contributed by atoms with van der Waals surface area (Å²) in [6, 6.07) is 2.84. The van der Waals surface area contributed by atoms with E-state index >= 15 is 0 Å². The molecule has 1 aromatic carbocycles. The second-order valence-electron chi connectivity index (χ2n) is 5.48. The maximum Gasteiger partial charge on any atom is 0.296 e. The fraction of sp³-hybridized carbons (Fsp3) is 0.357. The first-order valence-corrected chi connectivity index (χ1v) is 6.43. The van der Waals surface area contributed by atoms with Crippen LogP contribution in [0.1, 0.15) is 30.6 Å². The molecule has 19 heavy (non-hydrogen) atoms. The number of nitrogens with one attached hydrogen (secondary N) is 1. The van der Waals surface area contributed by atoms with E-state index in [1.807, 2.05) is 0 Å². The summed E-state index contributed by atoms with van der Waals surface area (Å²) >= 11 is 0. The monoisotopic (exact) mass is 257 g/mol. The van der Waals surface area contributed by atoms with Gasteiger partial charge in [-0.1, -0.05) is 6.92 Å². The molecule has 2 aliphatic rings. The zero-order chi connectivity index (χ0) is 13.1. The Morgan fingerprint density at radius 2 is 2.21 bits per heavy atom. The first kappa shape index (κ1) is 10.8.